The van der Waals surface area contributed by atoms with Crippen LogP contribution < -0.4 is 5.73 Å². The second-order valence-corrected chi connectivity index (χ2v) is 2.83. The first kappa shape index (κ1) is 8.85. The predicted octanol–water partition coefficient (Wildman–Crippen LogP) is 1.62. The van der Waals surface area contributed by atoms with E-state index in [9.17, 15) is 4.79 Å². The first-order valence-electron chi connectivity index (χ1n) is 2.34. The summed E-state index contributed by atoms with van der Waals surface area (Å²) in [6.07, 6.45) is -0.666. The quantitative estimate of drug-likeness (QED) is 0.643. The minimum absolute atomic E-state index is 0.305. The number of alkyl halides is 2. The highest BCUT2D eigenvalue weighted by molar-refractivity contribution is 6.47. The minimum Gasteiger partial charge on any atom is -0.413 e. The zero-order chi connectivity index (χ0) is 7.49. The zero-order valence-electron chi connectivity index (χ0n) is 4.86. The highest BCUT2D eigenvalue weighted by atomic mass is 35.5. The summed E-state index contributed by atoms with van der Waals surface area (Å²) in [7, 11) is 0. The van der Waals surface area contributed by atoms with Crippen LogP contribution in [0.2, 0.25) is 0 Å². The van der Waals surface area contributed by atoms with Gasteiger partial charge in [-0.2, -0.15) is 0 Å². The lowest BCUT2D eigenvalue weighted by atomic mass is 10.5. The zero-order valence-corrected chi connectivity index (χ0v) is 6.37. The van der Waals surface area contributed by atoms with E-state index < -0.39 is 10.6 Å². The van der Waals surface area contributed by atoms with Crippen LogP contribution in [0.4, 0.5) is 4.79 Å². The van der Waals surface area contributed by atoms with E-state index in [1.165, 1.54) is 0 Å². The van der Waals surface area contributed by atoms with Crippen LogP contribution in [-0.2, 0) is 4.74 Å². The molecule has 3 nitrogen and oxygen atoms in total. The van der Waals surface area contributed by atoms with Crippen molar-refractivity contribution in [3.8, 4) is 0 Å². The van der Waals surface area contributed by atoms with Crippen LogP contribution in [0.1, 0.15) is 13.3 Å². The van der Waals surface area contributed by atoms with Crippen LogP contribution in [0.25, 0.3) is 0 Å². The summed E-state index contributed by atoms with van der Waals surface area (Å²) >= 11 is 10.7. The summed E-state index contributed by atoms with van der Waals surface area (Å²) in [6.45, 7) is 1.67. The van der Waals surface area contributed by atoms with Gasteiger partial charge in [-0.15, -0.1) is 0 Å². The Morgan fingerprint density at radius 2 is 2.22 bits per heavy atom. The molecule has 0 aromatic rings. The normalized spacial score (nSPS) is 11.0. The Morgan fingerprint density at radius 1 is 1.78 bits per heavy atom. The van der Waals surface area contributed by atoms with E-state index in [0.29, 0.717) is 6.42 Å². The minimum atomic E-state index is -1.47. The molecule has 0 saturated heterocycles. The van der Waals surface area contributed by atoms with E-state index in [1.54, 1.807) is 6.92 Å². The van der Waals surface area contributed by atoms with Gasteiger partial charge in [-0.3, -0.25) is 0 Å². The van der Waals surface area contributed by atoms with Gasteiger partial charge in [0.05, 0.1) is 0 Å². The monoisotopic (exact) mass is 171 g/mol. The van der Waals surface area contributed by atoms with Gasteiger partial charge in [-0.25, -0.2) is 4.79 Å². The summed E-state index contributed by atoms with van der Waals surface area (Å²) in [4.78, 5) is 10.0. The molecule has 0 radical (unpaired) electrons. The van der Waals surface area contributed by atoms with Crippen LogP contribution in [-0.4, -0.2) is 10.6 Å². The number of amides is 1. The van der Waals surface area contributed by atoms with Gasteiger partial charge in [0.1, 0.15) is 0 Å². The van der Waals surface area contributed by atoms with Crippen molar-refractivity contribution in [1.82, 2.24) is 0 Å². The van der Waals surface area contributed by atoms with Crippen molar-refractivity contribution in [3.63, 3.8) is 0 Å². The molecule has 0 aliphatic heterocycles. The molecular formula is C4H7Cl2NO2. The Hall–Kier alpha value is -0.150. The molecule has 2 N–H and O–H groups in total. The van der Waals surface area contributed by atoms with Crippen LogP contribution in [0.15, 0.2) is 0 Å². The van der Waals surface area contributed by atoms with E-state index in [4.69, 9.17) is 23.2 Å². The molecule has 0 atom stereocenters. The molecule has 0 spiro atoms. The Labute approximate surface area is 63.1 Å². The second kappa shape index (κ2) is 3.13. The fourth-order valence-corrected chi connectivity index (χ4v) is 0.371. The fraction of sp³-hybridized carbons (Fsp3) is 0.750. The fourth-order valence-electron chi connectivity index (χ4n) is 0.219. The number of halogens is 2. The number of hydrogen-bond acceptors (Lipinski definition) is 2. The van der Waals surface area contributed by atoms with Crippen molar-refractivity contribution >= 4 is 29.3 Å². The highest BCUT2D eigenvalue weighted by Crippen LogP contribution is 2.25. The molecular weight excluding hydrogens is 165 g/mol. The van der Waals surface area contributed by atoms with E-state index in [-0.39, 0.29) is 0 Å². The SMILES string of the molecule is CCC(Cl)(Cl)OC(N)=O. The number of hydrogen-bond donors (Lipinski definition) is 1. The van der Waals surface area contributed by atoms with Crippen LogP contribution in [0.5, 0.6) is 0 Å². The largest absolute Gasteiger partial charge is 0.413 e. The summed E-state index contributed by atoms with van der Waals surface area (Å²) in [5.41, 5.74) is 4.62. The third kappa shape index (κ3) is 4.36. The van der Waals surface area contributed by atoms with Gasteiger partial charge in [0.2, 0.25) is 0 Å². The third-order valence-corrected chi connectivity index (χ3v) is 1.35. The number of ether oxygens (including phenoxy) is 1. The van der Waals surface area contributed by atoms with Crippen molar-refractivity contribution in [2.45, 2.75) is 17.9 Å². The lowest BCUT2D eigenvalue weighted by Crippen LogP contribution is -2.25. The van der Waals surface area contributed by atoms with Gasteiger partial charge >= 0.3 is 6.09 Å². The van der Waals surface area contributed by atoms with Gasteiger partial charge < -0.3 is 10.5 Å². The van der Waals surface area contributed by atoms with Gasteiger partial charge in [0.15, 0.2) is 0 Å². The van der Waals surface area contributed by atoms with Crippen LogP contribution in [0.3, 0.4) is 0 Å². The Kier molecular flexibility index (Phi) is 3.08. The number of nitrogens with two attached hydrogens (primary N) is 1. The highest BCUT2D eigenvalue weighted by Gasteiger charge is 2.24. The summed E-state index contributed by atoms with van der Waals surface area (Å²) in [6, 6.07) is 0. The first-order chi connectivity index (χ1) is 3.98. The maximum absolute atomic E-state index is 10.0. The Balaban J connectivity index is 3.71. The first-order valence-corrected chi connectivity index (χ1v) is 3.10. The topological polar surface area (TPSA) is 52.3 Å². The number of rotatable bonds is 2. The van der Waals surface area contributed by atoms with Gasteiger partial charge in [0, 0.05) is 6.42 Å². The van der Waals surface area contributed by atoms with Crippen molar-refractivity contribution < 1.29 is 9.53 Å². The second-order valence-electron chi connectivity index (χ2n) is 1.41. The molecule has 0 aromatic carbocycles. The van der Waals surface area contributed by atoms with Gasteiger partial charge in [-0.1, -0.05) is 30.1 Å². The standard InChI is InChI=1S/C4H7Cl2NO2/c1-2-4(5,6)9-3(7)8/h2H2,1H3,(H2,7,8). The summed E-state index contributed by atoms with van der Waals surface area (Å²) in [5.74, 6) is 0. The molecule has 0 heterocycles. The number of primary amides is 1. The molecule has 54 valence electrons. The molecule has 9 heavy (non-hydrogen) atoms. The number of carbonyl (C=O) groups is 1. The molecule has 5 heteroatoms. The van der Waals surface area contributed by atoms with Crippen molar-refractivity contribution in [2.24, 2.45) is 5.73 Å². The van der Waals surface area contributed by atoms with E-state index in [2.05, 4.69) is 10.5 Å². The molecule has 0 aromatic heterocycles. The van der Waals surface area contributed by atoms with Crippen molar-refractivity contribution in [3.05, 3.63) is 0 Å². The van der Waals surface area contributed by atoms with Crippen LogP contribution >= 0.6 is 23.2 Å². The maximum Gasteiger partial charge on any atom is 0.407 e. The smallest absolute Gasteiger partial charge is 0.407 e. The third-order valence-electron chi connectivity index (χ3n) is 0.662. The van der Waals surface area contributed by atoms with Gasteiger partial charge in [-0.05, 0) is 0 Å². The summed E-state index contributed by atoms with van der Waals surface area (Å²) in [5, 5.41) is 0. The van der Waals surface area contributed by atoms with Crippen molar-refractivity contribution in [1.29, 1.82) is 0 Å². The molecule has 1 amide bonds. The molecule has 0 unspecified atom stereocenters. The molecule has 0 saturated carbocycles. The van der Waals surface area contributed by atoms with Gasteiger partial charge in [0.25, 0.3) is 4.52 Å². The summed E-state index contributed by atoms with van der Waals surface area (Å²) < 4.78 is 2.79. The maximum atomic E-state index is 10.0. The van der Waals surface area contributed by atoms with E-state index >= 15 is 0 Å². The van der Waals surface area contributed by atoms with Crippen LogP contribution in [0, 0.1) is 0 Å². The lowest BCUT2D eigenvalue weighted by molar-refractivity contribution is 0.123. The lowest BCUT2D eigenvalue weighted by Gasteiger charge is -2.15. The predicted molar refractivity (Wildman–Crippen MR) is 35.4 cm³/mol. The average Bonchev–Trinajstić information content (AvgIpc) is 1.63. The van der Waals surface area contributed by atoms with E-state index in [0.717, 1.165) is 0 Å². The Morgan fingerprint density at radius 3 is 2.33 bits per heavy atom. The Bertz CT molecular complexity index is 115. The van der Waals surface area contributed by atoms with E-state index in [1.807, 2.05) is 0 Å². The number of carbonyl (C=O) groups excluding carboxylic acids is 1. The average molecular weight is 172 g/mol. The molecule has 0 aliphatic rings. The molecule has 0 aliphatic carbocycles. The van der Waals surface area contributed by atoms with Crippen molar-refractivity contribution in [2.75, 3.05) is 0 Å². The molecule has 0 rings (SSSR count). The molecule has 0 fully saturated rings. The molecule has 0 bridgehead atoms.